The summed E-state index contributed by atoms with van der Waals surface area (Å²) in [5.41, 5.74) is 2.41. The number of hydrogen-bond acceptors (Lipinski definition) is 5. The Morgan fingerprint density at radius 1 is 1.33 bits per heavy atom. The van der Waals surface area contributed by atoms with Crippen molar-refractivity contribution in [2.45, 2.75) is 27.3 Å². The Kier molecular flexibility index (Phi) is 4.35. The van der Waals surface area contributed by atoms with Gasteiger partial charge in [0.25, 0.3) is 5.91 Å². The summed E-state index contributed by atoms with van der Waals surface area (Å²) in [6, 6.07) is 7.17. The molecule has 0 bridgehead atoms. The molecule has 0 unspecified atom stereocenters. The average Bonchev–Trinajstić information content (AvgIpc) is 3.08. The van der Waals surface area contributed by atoms with Crippen LogP contribution in [0.5, 0.6) is 0 Å². The normalized spacial score (nSPS) is 10.8. The van der Waals surface area contributed by atoms with Gasteiger partial charge < -0.3 is 9.73 Å². The molecule has 0 saturated carbocycles. The number of nitrogens with one attached hydrogen (secondary N) is 1. The second-order valence-corrected chi connectivity index (χ2v) is 5.78. The topological polar surface area (TPSA) is 85.8 Å². The molecule has 24 heavy (non-hydrogen) atoms. The van der Waals surface area contributed by atoms with E-state index in [0.717, 1.165) is 17.1 Å². The van der Waals surface area contributed by atoms with Crippen molar-refractivity contribution >= 4 is 17.5 Å². The van der Waals surface area contributed by atoms with Crippen LogP contribution < -0.4 is 5.32 Å². The number of aromatic nitrogens is 4. The van der Waals surface area contributed by atoms with Crippen molar-refractivity contribution in [2.75, 3.05) is 0 Å². The Morgan fingerprint density at radius 2 is 2.12 bits per heavy atom. The summed E-state index contributed by atoms with van der Waals surface area (Å²) in [5.74, 6) is 0.856. The van der Waals surface area contributed by atoms with Gasteiger partial charge in [-0.3, -0.25) is 4.79 Å². The van der Waals surface area contributed by atoms with Gasteiger partial charge in [-0.2, -0.15) is 0 Å². The molecule has 7 nitrogen and oxygen atoms in total. The van der Waals surface area contributed by atoms with Crippen LogP contribution in [-0.4, -0.2) is 25.9 Å². The summed E-state index contributed by atoms with van der Waals surface area (Å²) >= 11 is 5.99. The minimum absolute atomic E-state index is 0.191. The van der Waals surface area contributed by atoms with Crippen molar-refractivity contribution in [3.05, 3.63) is 58.0 Å². The van der Waals surface area contributed by atoms with Crippen molar-refractivity contribution in [1.82, 2.24) is 25.3 Å². The lowest BCUT2D eigenvalue weighted by atomic mass is 10.3. The highest BCUT2D eigenvalue weighted by molar-refractivity contribution is 6.30. The zero-order valence-corrected chi connectivity index (χ0v) is 14.3. The van der Waals surface area contributed by atoms with Crippen molar-refractivity contribution in [3.63, 3.8) is 0 Å². The van der Waals surface area contributed by atoms with E-state index >= 15 is 0 Å². The lowest BCUT2D eigenvalue weighted by Gasteiger charge is -2.04. The zero-order valence-electron chi connectivity index (χ0n) is 13.5. The number of aryl methyl sites for hydroxylation is 2. The van der Waals surface area contributed by atoms with Crippen LogP contribution in [0.2, 0.25) is 5.02 Å². The van der Waals surface area contributed by atoms with Gasteiger partial charge in [0.05, 0.1) is 23.6 Å². The minimum atomic E-state index is -0.339. The Balaban J connectivity index is 1.76. The van der Waals surface area contributed by atoms with E-state index in [1.165, 1.54) is 0 Å². The largest absolute Gasteiger partial charge is 0.444 e. The third-order valence-electron chi connectivity index (χ3n) is 3.64. The lowest BCUT2D eigenvalue weighted by molar-refractivity contribution is 0.0941. The van der Waals surface area contributed by atoms with Gasteiger partial charge in [0.2, 0.25) is 5.89 Å². The summed E-state index contributed by atoms with van der Waals surface area (Å²) in [6.07, 6.45) is 0. The molecule has 3 rings (SSSR count). The highest BCUT2D eigenvalue weighted by Crippen LogP contribution is 2.17. The highest BCUT2D eigenvalue weighted by Gasteiger charge is 2.18. The van der Waals surface area contributed by atoms with Crippen molar-refractivity contribution in [2.24, 2.45) is 0 Å². The first kappa shape index (κ1) is 16.2. The fourth-order valence-electron chi connectivity index (χ4n) is 2.25. The monoisotopic (exact) mass is 345 g/mol. The van der Waals surface area contributed by atoms with Crippen molar-refractivity contribution < 1.29 is 9.21 Å². The summed E-state index contributed by atoms with van der Waals surface area (Å²) in [5, 5.41) is 11.3. The Labute approximate surface area is 143 Å². The smallest absolute Gasteiger partial charge is 0.274 e. The van der Waals surface area contributed by atoms with Gasteiger partial charge in [-0.25, -0.2) is 9.67 Å². The molecule has 8 heteroatoms. The molecule has 0 atom stereocenters. The van der Waals surface area contributed by atoms with Gasteiger partial charge >= 0.3 is 0 Å². The molecule has 124 valence electrons. The predicted octanol–water partition coefficient (Wildman–Crippen LogP) is 2.76. The van der Waals surface area contributed by atoms with Crippen LogP contribution in [-0.2, 0) is 6.54 Å². The molecule has 2 aromatic heterocycles. The SMILES string of the molecule is Cc1nc(CNC(=O)c2nnn(-c3cccc(Cl)c3)c2C)oc1C. The Hall–Kier alpha value is -2.67. The zero-order chi connectivity index (χ0) is 17.3. The molecule has 0 aliphatic carbocycles. The number of halogens is 1. The van der Waals surface area contributed by atoms with Gasteiger partial charge in [-0.05, 0) is 39.0 Å². The van der Waals surface area contributed by atoms with Gasteiger partial charge in [0.15, 0.2) is 5.69 Å². The standard InChI is InChI=1S/C16H16ClN5O2/c1-9-11(3)24-14(19-9)8-18-16(23)15-10(2)22(21-20-15)13-6-4-5-12(17)7-13/h4-7H,8H2,1-3H3,(H,18,23). The molecule has 1 amide bonds. The number of hydrogen-bond donors (Lipinski definition) is 1. The van der Waals surface area contributed by atoms with E-state index in [1.54, 1.807) is 23.7 Å². The van der Waals surface area contributed by atoms with Crippen LogP contribution in [0.4, 0.5) is 0 Å². The molecular weight excluding hydrogens is 330 g/mol. The molecule has 0 spiro atoms. The number of amides is 1. The minimum Gasteiger partial charge on any atom is -0.444 e. The molecule has 2 heterocycles. The number of benzene rings is 1. The van der Waals surface area contributed by atoms with Crippen LogP contribution >= 0.6 is 11.6 Å². The summed E-state index contributed by atoms with van der Waals surface area (Å²) in [6.45, 7) is 5.64. The van der Waals surface area contributed by atoms with E-state index in [2.05, 4.69) is 20.6 Å². The number of rotatable bonds is 4. The van der Waals surface area contributed by atoms with E-state index in [0.29, 0.717) is 16.6 Å². The van der Waals surface area contributed by atoms with Crippen LogP contribution in [0, 0.1) is 20.8 Å². The first-order valence-electron chi connectivity index (χ1n) is 7.35. The first-order valence-corrected chi connectivity index (χ1v) is 7.73. The van der Waals surface area contributed by atoms with Gasteiger partial charge in [0.1, 0.15) is 5.76 Å². The lowest BCUT2D eigenvalue weighted by Crippen LogP contribution is -2.24. The Morgan fingerprint density at radius 3 is 2.79 bits per heavy atom. The molecule has 0 fully saturated rings. The molecule has 1 N–H and O–H groups in total. The molecule has 0 saturated heterocycles. The second kappa shape index (κ2) is 6.45. The maximum Gasteiger partial charge on any atom is 0.274 e. The van der Waals surface area contributed by atoms with Gasteiger partial charge in [-0.1, -0.05) is 22.9 Å². The van der Waals surface area contributed by atoms with E-state index in [-0.39, 0.29) is 18.1 Å². The quantitative estimate of drug-likeness (QED) is 0.785. The van der Waals surface area contributed by atoms with Crippen LogP contribution in [0.1, 0.15) is 33.5 Å². The Bertz CT molecular complexity index is 880. The van der Waals surface area contributed by atoms with Gasteiger partial charge in [-0.15, -0.1) is 5.10 Å². The fourth-order valence-corrected chi connectivity index (χ4v) is 2.43. The first-order chi connectivity index (χ1) is 11.5. The molecule has 0 radical (unpaired) electrons. The maximum absolute atomic E-state index is 12.3. The molecule has 0 aliphatic rings. The van der Waals surface area contributed by atoms with Crippen LogP contribution in [0.15, 0.2) is 28.7 Å². The third kappa shape index (κ3) is 3.16. The number of carbonyl (C=O) groups is 1. The molecular formula is C16H16ClN5O2. The van der Waals surface area contributed by atoms with Crippen LogP contribution in [0.25, 0.3) is 5.69 Å². The van der Waals surface area contributed by atoms with E-state index in [9.17, 15) is 4.79 Å². The number of oxazole rings is 1. The second-order valence-electron chi connectivity index (χ2n) is 5.35. The number of carbonyl (C=O) groups excluding carboxylic acids is 1. The van der Waals surface area contributed by atoms with E-state index < -0.39 is 0 Å². The van der Waals surface area contributed by atoms with Crippen molar-refractivity contribution in [1.29, 1.82) is 0 Å². The summed E-state index contributed by atoms with van der Waals surface area (Å²) in [7, 11) is 0. The van der Waals surface area contributed by atoms with Crippen LogP contribution in [0.3, 0.4) is 0 Å². The maximum atomic E-state index is 12.3. The van der Waals surface area contributed by atoms with E-state index in [1.807, 2.05) is 26.0 Å². The van der Waals surface area contributed by atoms with Crippen molar-refractivity contribution in [3.8, 4) is 5.69 Å². The molecule has 3 aromatic rings. The molecule has 0 aliphatic heterocycles. The fraction of sp³-hybridized carbons (Fsp3) is 0.250. The summed E-state index contributed by atoms with van der Waals surface area (Å²) in [4.78, 5) is 16.5. The van der Waals surface area contributed by atoms with E-state index in [4.69, 9.17) is 16.0 Å². The van der Waals surface area contributed by atoms with Gasteiger partial charge in [0, 0.05) is 5.02 Å². The third-order valence-corrected chi connectivity index (χ3v) is 3.87. The average molecular weight is 346 g/mol. The highest BCUT2D eigenvalue weighted by atomic mass is 35.5. The predicted molar refractivity (Wildman–Crippen MR) is 88.3 cm³/mol. The molecule has 1 aromatic carbocycles. The summed E-state index contributed by atoms with van der Waals surface area (Å²) < 4.78 is 7.01. The number of nitrogens with zero attached hydrogens (tertiary/aromatic N) is 4.